The Balaban J connectivity index is 0.00000312. The average Bonchev–Trinajstić information content (AvgIpc) is 2.59. The number of likely N-dealkylation sites (N-methyl/N-ethyl adjacent to an activating group) is 1. The summed E-state index contributed by atoms with van der Waals surface area (Å²) in [6, 6.07) is 13.1. The lowest BCUT2D eigenvalue weighted by Crippen LogP contribution is -2.28. The molecule has 7 heteroatoms. The molecule has 2 rings (SSSR count). The lowest BCUT2D eigenvalue weighted by Gasteiger charge is -2.18. The largest absolute Gasteiger partial charge is 0.399 e. The second kappa shape index (κ2) is 9.65. The molecule has 0 amide bonds. The topological polar surface area (TPSA) is 75.4 Å². The fraction of sp³-hybridized carbons (Fsp3) is 0.333. The van der Waals surface area contributed by atoms with Crippen molar-refractivity contribution in [2.24, 2.45) is 0 Å². The highest BCUT2D eigenvalue weighted by atomic mass is 35.5. The molecule has 2 aromatic rings. The van der Waals surface area contributed by atoms with E-state index in [1.165, 1.54) is 12.1 Å². The average molecular weight is 384 g/mol. The Morgan fingerprint density at radius 2 is 1.40 bits per heavy atom. The van der Waals surface area contributed by atoms with Crippen molar-refractivity contribution in [1.29, 1.82) is 0 Å². The van der Waals surface area contributed by atoms with Crippen molar-refractivity contribution in [3.8, 4) is 0 Å². The number of rotatable bonds is 8. The van der Waals surface area contributed by atoms with Crippen molar-refractivity contribution >= 4 is 33.6 Å². The van der Waals surface area contributed by atoms with Gasteiger partial charge in [-0.05, 0) is 61.6 Å². The van der Waals surface area contributed by atoms with Gasteiger partial charge >= 0.3 is 0 Å². The summed E-state index contributed by atoms with van der Waals surface area (Å²) in [4.78, 5) is 2.85. The van der Waals surface area contributed by atoms with Gasteiger partial charge in [0, 0.05) is 24.5 Å². The summed E-state index contributed by atoms with van der Waals surface area (Å²) in [6.45, 7) is 8.11. The highest BCUT2D eigenvalue weighted by Crippen LogP contribution is 2.23. The van der Waals surface area contributed by atoms with Crippen molar-refractivity contribution in [2.75, 3.05) is 37.2 Å². The zero-order valence-corrected chi connectivity index (χ0v) is 16.2. The van der Waals surface area contributed by atoms with E-state index >= 15 is 0 Å². The molecule has 138 valence electrons. The molecule has 0 atom stereocenters. The summed E-state index contributed by atoms with van der Waals surface area (Å²) in [6.07, 6.45) is 0. The second-order valence-corrected chi connectivity index (χ2v) is 7.50. The molecule has 0 heterocycles. The molecule has 0 aliphatic heterocycles. The van der Waals surface area contributed by atoms with E-state index in [0.717, 1.165) is 31.9 Å². The Morgan fingerprint density at radius 1 is 0.920 bits per heavy atom. The fourth-order valence-electron chi connectivity index (χ4n) is 2.43. The maximum atomic E-state index is 12.6. The smallest absolute Gasteiger partial charge is 0.206 e. The van der Waals surface area contributed by atoms with Gasteiger partial charge in [-0.2, -0.15) is 0 Å². The molecule has 0 unspecified atom stereocenters. The number of nitrogens with one attached hydrogen (secondary N) is 1. The van der Waals surface area contributed by atoms with Crippen LogP contribution in [0.1, 0.15) is 13.8 Å². The first-order valence-corrected chi connectivity index (χ1v) is 9.62. The summed E-state index contributed by atoms with van der Waals surface area (Å²) in [5, 5.41) is 3.32. The Morgan fingerprint density at radius 3 is 1.88 bits per heavy atom. The molecule has 0 fully saturated rings. The van der Waals surface area contributed by atoms with Crippen molar-refractivity contribution < 1.29 is 8.42 Å². The van der Waals surface area contributed by atoms with Crippen LogP contribution in [0.4, 0.5) is 11.4 Å². The minimum absolute atomic E-state index is 0. The Kier molecular flexibility index (Phi) is 8.22. The monoisotopic (exact) mass is 383 g/mol. The van der Waals surface area contributed by atoms with Crippen LogP contribution >= 0.6 is 12.4 Å². The third-order valence-corrected chi connectivity index (χ3v) is 5.79. The Hall–Kier alpha value is -1.76. The van der Waals surface area contributed by atoms with Crippen molar-refractivity contribution in [2.45, 2.75) is 23.6 Å². The van der Waals surface area contributed by atoms with Crippen molar-refractivity contribution in [3.63, 3.8) is 0 Å². The van der Waals surface area contributed by atoms with Crippen LogP contribution < -0.4 is 11.1 Å². The summed E-state index contributed by atoms with van der Waals surface area (Å²) < 4.78 is 25.1. The first kappa shape index (κ1) is 21.3. The number of nitrogens with two attached hydrogens (primary N) is 1. The molecular formula is C18H26ClN3O2S. The molecule has 2 aromatic carbocycles. The Labute approximate surface area is 156 Å². The van der Waals surface area contributed by atoms with Gasteiger partial charge in [0.05, 0.1) is 9.79 Å². The van der Waals surface area contributed by atoms with Gasteiger partial charge in [0.2, 0.25) is 9.84 Å². The Bertz CT molecular complexity index is 743. The predicted octanol–water partition coefficient (Wildman–Crippen LogP) is 3.28. The quantitative estimate of drug-likeness (QED) is 0.684. The number of nitrogen functional groups attached to an aromatic ring is 1. The van der Waals surface area contributed by atoms with E-state index in [-0.39, 0.29) is 22.2 Å². The molecule has 25 heavy (non-hydrogen) atoms. The first-order valence-electron chi connectivity index (χ1n) is 8.14. The number of benzene rings is 2. The van der Waals surface area contributed by atoms with E-state index in [9.17, 15) is 8.42 Å². The number of halogens is 1. The van der Waals surface area contributed by atoms with Crippen LogP contribution in [-0.2, 0) is 9.84 Å². The third kappa shape index (κ3) is 5.63. The van der Waals surface area contributed by atoms with Gasteiger partial charge in [-0.15, -0.1) is 12.4 Å². The fourth-order valence-corrected chi connectivity index (χ4v) is 3.69. The highest BCUT2D eigenvalue weighted by Gasteiger charge is 2.17. The van der Waals surface area contributed by atoms with Gasteiger partial charge in [-0.1, -0.05) is 13.8 Å². The molecule has 0 radical (unpaired) electrons. The van der Waals surface area contributed by atoms with E-state index in [4.69, 9.17) is 5.73 Å². The van der Waals surface area contributed by atoms with Gasteiger partial charge in [0.1, 0.15) is 0 Å². The number of sulfone groups is 1. The molecule has 0 aromatic heterocycles. The second-order valence-electron chi connectivity index (χ2n) is 5.55. The summed E-state index contributed by atoms with van der Waals surface area (Å²) >= 11 is 0. The molecular weight excluding hydrogens is 358 g/mol. The molecule has 0 spiro atoms. The van der Waals surface area contributed by atoms with E-state index in [1.807, 2.05) is 0 Å². The van der Waals surface area contributed by atoms with Crippen molar-refractivity contribution in [3.05, 3.63) is 48.5 Å². The van der Waals surface area contributed by atoms with Crippen LogP contribution in [0, 0.1) is 0 Å². The van der Waals surface area contributed by atoms with Crippen LogP contribution in [0.2, 0.25) is 0 Å². The molecule has 5 nitrogen and oxygen atoms in total. The maximum Gasteiger partial charge on any atom is 0.206 e. The van der Waals surface area contributed by atoms with Crippen LogP contribution in [0.3, 0.4) is 0 Å². The molecule has 0 aliphatic rings. The van der Waals surface area contributed by atoms with Gasteiger partial charge in [0.15, 0.2) is 0 Å². The number of hydrogen-bond acceptors (Lipinski definition) is 5. The summed E-state index contributed by atoms with van der Waals surface area (Å²) in [5.41, 5.74) is 7.07. The van der Waals surface area contributed by atoms with Gasteiger partial charge < -0.3 is 16.0 Å². The maximum absolute atomic E-state index is 12.6. The normalized spacial score (nSPS) is 11.2. The summed E-state index contributed by atoms with van der Waals surface area (Å²) in [7, 11) is -3.51. The standard InChI is InChI=1S/C18H25N3O2S.ClH/c1-3-21(4-2)14-13-20-16-7-11-18(12-8-16)24(22,23)17-9-5-15(19)6-10-17;/h5-12,20H,3-4,13-14,19H2,1-2H3;1H. The molecule has 0 aliphatic carbocycles. The number of nitrogens with zero attached hydrogens (tertiary/aromatic N) is 1. The van der Waals surface area contributed by atoms with Crippen molar-refractivity contribution in [1.82, 2.24) is 4.90 Å². The third-order valence-electron chi connectivity index (χ3n) is 4.01. The minimum Gasteiger partial charge on any atom is -0.399 e. The van der Waals surface area contributed by atoms with Crippen LogP contribution in [0.25, 0.3) is 0 Å². The van der Waals surface area contributed by atoms with Crippen LogP contribution in [-0.4, -0.2) is 39.5 Å². The van der Waals surface area contributed by atoms with E-state index in [0.29, 0.717) is 5.69 Å². The summed E-state index contributed by atoms with van der Waals surface area (Å²) in [5.74, 6) is 0. The van der Waals surface area contributed by atoms with Crippen LogP contribution in [0.5, 0.6) is 0 Å². The van der Waals surface area contributed by atoms with Gasteiger partial charge in [-0.3, -0.25) is 0 Å². The van der Waals surface area contributed by atoms with E-state index in [1.54, 1.807) is 36.4 Å². The molecule has 0 saturated carbocycles. The SMILES string of the molecule is CCN(CC)CCNc1ccc(S(=O)(=O)c2ccc(N)cc2)cc1.Cl. The number of anilines is 2. The highest BCUT2D eigenvalue weighted by molar-refractivity contribution is 7.91. The lowest BCUT2D eigenvalue weighted by molar-refractivity contribution is 0.316. The number of hydrogen-bond donors (Lipinski definition) is 2. The minimum atomic E-state index is -3.51. The van der Waals surface area contributed by atoms with E-state index in [2.05, 4.69) is 24.1 Å². The first-order chi connectivity index (χ1) is 11.5. The van der Waals surface area contributed by atoms with E-state index < -0.39 is 9.84 Å². The molecule has 0 saturated heterocycles. The zero-order valence-electron chi connectivity index (χ0n) is 14.6. The van der Waals surface area contributed by atoms with Gasteiger partial charge in [0.25, 0.3) is 0 Å². The van der Waals surface area contributed by atoms with Crippen LogP contribution in [0.15, 0.2) is 58.3 Å². The lowest BCUT2D eigenvalue weighted by atomic mass is 10.3. The molecule has 3 N–H and O–H groups in total. The van der Waals surface area contributed by atoms with Gasteiger partial charge in [-0.25, -0.2) is 8.42 Å². The zero-order chi connectivity index (χ0) is 17.6. The molecule has 0 bridgehead atoms. The predicted molar refractivity (Wildman–Crippen MR) is 106 cm³/mol.